The number of aliphatic hydroxyl groups excluding tert-OH is 1. The van der Waals surface area contributed by atoms with Crippen LogP contribution in [0.3, 0.4) is 0 Å². The smallest absolute Gasteiger partial charge is 0.0954 e. The highest BCUT2D eigenvalue weighted by molar-refractivity contribution is 7.09. The first-order valence-electron chi connectivity index (χ1n) is 4.69. The Kier molecular flexibility index (Phi) is 2.16. The van der Waals surface area contributed by atoms with Crippen molar-refractivity contribution in [2.75, 3.05) is 0 Å². The second kappa shape index (κ2) is 3.07. The summed E-state index contributed by atoms with van der Waals surface area (Å²) in [5.41, 5.74) is 1.26. The highest BCUT2D eigenvalue weighted by Gasteiger charge is 2.44. The van der Waals surface area contributed by atoms with Gasteiger partial charge in [-0.25, -0.2) is 4.98 Å². The van der Waals surface area contributed by atoms with E-state index >= 15 is 0 Å². The molecule has 1 aromatic heterocycles. The third kappa shape index (κ3) is 1.92. The van der Waals surface area contributed by atoms with Crippen LogP contribution in [-0.4, -0.2) is 16.2 Å². The molecule has 1 aliphatic rings. The van der Waals surface area contributed by atoms with Gasteiger partial charge in [-0.1, -0.05) is 6.92 Å². The fourth-order valence-electron chi connectivity index (χ4n) is 1.44. The molecule has 1 aromatic rings. The molecule has 0 spiro atoms. The van der Waals surface area contributed by atoms with E-state index in [9.17, 15) is 5.11 Å². The average molecular weight is 197 g/mol. The van der Waals surface area contributed by atoms with Gasteiger partial charge in [0.2, 0.25) is 0 Å². The van der Waals surface area contributed by atoms with E-state index in [2.05, 4.69) is 11.9 Å². The minimum absolute atomic E-state index is 0.194. The van der Waals surface area contributed by atoms with Crippen molar-refractivity contribution in [1.82, 2.24) is 4.98 Å². The van der Waals surface area contributed by atoms with Gasteiger partial charge in [-0.2, -0.15) is 0 Å². The highest BCUT2D eigenvalue weighted by Crippen LogP contribution is 2.48. The molecule has 0 aromatic carbocycles. The van der Waals surface area contributed by atoms with Crippen molar-refractivity contribution in [3.63, 3.8) is 0 Å². The number of aromatic nitrogens is 1. The van der Waals surface area contributed by atoms with E-state index in [1.54, 1.807) is 11.3 Å². The lowest BCUT2D eigenvalue weighted by Crippen LogP contribution is -2.21. The molecule has 1 fully saturated rings. The summed E-state index contributed by atoms with van der Waals surface area (Å²) in [7, 11) is 0. The first-order chi connectivity index (χ1) is 6.10. The van der Waals surface area contributed by atoms with Crippen LogP contribution in [0.25, 0.3) is 0 Å². The topological polar surface area (TPSA) is 33.1 Å². The third-order valence-corrected chi connectivity index (χ3v) is 3.87. The van der Waals surface area contributed by atoms with Crippen LogP contribution >= 0.6 is 11.3 Å². The molecule has 2 nitrogen and oxygen atoms in total. The summed E-state index contributed by atoms with van der Waals surface area (Å²) in [5.74, 6) is 0. The molecule has 0 radical (unpaired) electrons. The summed E-state index contributed by atoms with van der Waals surface area (Å²) >= 11 is 1.65. The number of aliphatic hydroxyl groups is 1. The molecule has 0 saturated heterocycles. The van der Waals surface area contributed by atoms with Crippen molar-refractivity contribution in [3.8, 4) is 0 Å². The average Bonchev–Trinajstić information content (AvgIpc) is 2.69. The van der Waals surface area contributed by atoms with E-state index in [4.69, 9.17) is 0 Å². The second-order valence-electron chi connectivity index (χ2n) is 4.26. The van der Waals surface area contributed by atoms with Gasteiger partial charge in [0.15, 0.2) is 0 Å². The molecule has 1 saturated carbocycles. The summed E-state index contributed by atoms with van der Waals surface area (Å²) in [6.07, 6.45) is 2.87. The molecule has 1 unspecified atom stereocenters. The van der Waals surface area contributed by atoms with Crippen molar-refractivity contribution in [3.05, 3.63) is 16.1 Å². The van der Waals surface area contributed by atoms with Gasteiger partial charge in [0.05, 0.1) is 11.1 Å². The van der Waals surface area contributed by atoms with Crippen LogP contribution in [0.4, 0.5) is 0 Å². The number of aryl methyl sites for hydroxylation is 1. The predicted molar refractivity (Wildman–Crippen MR) is 53.9 cm³/mol. The predicted octanol–water partition coefficient (Wildman–Crippen LogP) is 2.16. The van der Waals surface area contributed by atoms with Gasteiger partial charge in [-0.15, -0.1) is 11.3 Å². The van der Waals surface area contributed by atoms with Gasteiger partial charge in [-0.3, -0.25) is 0 Å². The van der Waals surface area contributed by atoms with Gasteiger partial charge >= 0.3 is 0 Å². The van der Waals surface area contributed by atoms with Crippen LogP contribution in [0.15, 0.2) is 5.38 Å². The fourth-order valence-corrected chi connectivity index (χ4v) is 2.25. The van der Waals surface area contributed by atoms with Crippen LogP contribution in [0.2, 0.25) is 0 Å². The van der Waals surface area contributed by atoms with Crippen LogP contribution < -0.4 is 0 Å². The van der Waals surface area contributed by atoms with E-state index < -0.39 is 0 Å². The maximum Gasteiger partial charge on any atom is 0.0954 e. The lowest BCUT2D eigenvalue weighted by molar-refractivity contribution is 0.103. The summed E-state index contributed by atoms with van der Waals surface area (Å²) < 4.78 is 0. The Morgan fingerprint density at radius 2 is 2.38 bits per heavy atom. The molecular weight excluding hydrogens is 182 g/mol. The molecule has 2 rings (SSSR count). The van der Waals surface area contributed by atoms with Crippen molar-refractivity contribution in [1.29, 1.82) is 0 Å². The summed E-state index contributed by atoms with van der Waals surface area (Å²) in [6.45, 7) is 4.14. The Hall–Kier alpha value is -0.410. The molecule has 0 bridgehead atoms. The molecule has 13 heavy (non-hydrogen) atoms. The summed E-state index contributed by atoms with van der Waals surface area (Å²) in [4.78, 5) is 4.35. The monoisotopic (exact) mass is 197 g/mol. The zero-order chi connectivity index (χ0) is 9.47. The standard InChI is InChI=1S/C10H15NOS/c1-7-6-13-9(11-7)5-8(12)10(2)3-4-10/h6,8,12H,3-5H2,1-2H3. The van der Waals surface area contributed by atoms with E-state index in [1.165, 1.54) is 12.8 Å². The van der Waals surface area contributed by atoms with Gasteiger partial charge in [0, 0.05) is 17.5 Å². The van der Waals surface area contributed by atoms with E-state index in [-0.39, 0.29) is 11.5 Å². The van der Waals surface area contributed by atoms with Gasteiger partial charge in [0.25, 0.3) is 0 Å². The number of nitrogens with zero attached hydrogens (tertiary/aromatic N) is 1. The Bertz CT molecular complexity index is 304. The normalized spacial score (nSPS) is 21.5. The van der Waals surface area contributed by atoms with Crippen LogP contribution in [0.5, 0.6) is 0 Å². The fraction of sp³-hybridized carbons (Fsp3) is 0.700. The first kappa shape index (κ1) is 9.16. The number of hydrogen-bond donors (Lipinski definition) is 1. The zero-order valence-corrected chi connectivity index (χ0v) is 8.90. The van der Waals surface area contributed by atoms with Crippen LogP contribution in [0.1, 0.15) is 30.5 Å². The quantitative estimate of drug-likeness (QED) is 0.805. The van der Waals surface area contributed by atoms with E-state index in [0.717, 1.165) is 17.1 Å². The SMILES string of the molecule is Cc1csc(CC(O)C2(C)CC2)n1. The minimum atomic E-state index is -0.196. The maximum atomic E-state index is 9.88. The summed E-state index contributed by atoms with van der Waals surface area (Å²) in [5, 5.41) is 13.0. The molecule has 1 heterocycles. The van der Waals surface area contributed by atoms with Gasteiger partial charge in [0.1, 0.15) is 0 Å². The molecule has 1 atom stereocenters. The van der Waals surface area contributed by atoms with Crippen LogP contribution in [0, 0.1) is 12.3 Å². The molecule has 0 amide bonds. The van der Waals surface area contributed by atoms with Gasteiger partial charge < -0.3 is 5.11 Å². The van der Waals surface area contributed by atoms with Crippen molar-refractivity contribution in [2.45, 2.75) is 39.2 Å². The Labute approximate surface area is 82.6 Å². The molecule has 1 aliphatic carbocycles. The molecule has 72 valence electrons. The molecule has 0 aliphatic heterocycles. The highest BCUT2D eigenvalue weighted by atomic mass is 32.1. The maximum absolute atomic E-state index is 9.88. The van der Waals surface area contributed by atoms with E-state index in [1.807, 2.05) is 12.3 Å². The number of hydrogen-bond acceptors (Lipinski definition) is 3. The lowest BCUT2D eigenvalue weighted by atomic mass is 10.00. The largest absolute Gasteiger partial charge is 0.392 e. The van der Waals surface area contributed by atoms with Crippen molar-refractivity contribution < 1.29 is 5.11 Å². The number of thiazole rings is 1. The Morgan fingerprint density at radius 3 is 2.85 bits per heavy atom. The Morgan fingerprint density at radius 1 is 1.69 bits per heavy atom. The molecule has 3 heteroatoms. The molecular formula is C10H15NOS. The van der Waals surface area contributed by atoms with Crippen molar-refractivity contribution >= 4 is 11.3 Å². The number of rotatable bonds is 3. The Balaban J connectivity index is 1.98. The molecule has 1 N–H and O–H groups in total. The first-order valence-corrected chi connectivity index (χ1v) is 5.57. The van der Waals surface area contributed by atoms with Crippen LogP contribution in [-0.2, 0) is 6.42 Å². The zero-order valence-electron chi connectivity index (χ0n) is 8.08. The van der Waals surface area contributed by atoms with Gasteiger partial charge in [-0.05, 0) is 25.2 Å². The minimum Gasteiger partial charge on any atom is -0.392 e. The van der Waals surface area contributed by atoms with Crippen molar-refractivity contribution in [2.24, 2.45) is 5.41 Å². The second-order valence-corrected chi connectivity index (χ2v) is 5.20. The lowest BCUT2D eigenvalue weighted by Gasteiger charge is -2.15. The summed E-state index contributed by atoms with van der Waals surface area (Å²) in [6, 6.07) is 0. The third-order valence-electron chi connectivity index (χ3n) is 2.88. The van der Waals surface area contributed by atoms with E-state index in [0.29, 0.717) is 0 Å².